The van der Waals surface area contributed by atoms with Crippen LogP contribution in [0.1, 0.15) is 32.6 Å². The summed E-state index contributed by atoms with van der Waals surface area (Å²) in [5.41, 5.74) is 0.140. The first-order valence-electron chi connectivity index (χ1n) is 5.18. The van der Waals surface area contributed by atoms with E-state index in [1.807, 2.05) is 0 Å². The second-order valence-electron chi connectivity index (χ2n) is 4.27. The summed E-state index contributed by atoms with van der Waals surface area (Å²) in [6.45, 7) is 4.97. The first-order valence-corrected chi connectivity index (χ1v) is 5.18. The van der Waals surface area contributed by atoms with E-state index in [9.17, 15) is 0 Å². The first kappa shape index (κ1) is 9.00. The highest BCUT2D eigenvalue weighted by molar-refractivity contribution is 5.84. The molecule has 0 spiro atoms. The second-order valence-corrected chi connectivity index (χ2v) is 4.27. The maximum Gasteiger partial charge on any atom is 0.0968 e. The third-order valence-electron chi connectivity index (χ3n) is 2.76. The fourth-order valence-corrected chi connectivity index (χ4v) is 2.02. The van der Waals surface area contributed by atoms with Gasteiger partial charge in [-0.2, -0.15) is 0 Å². The topological polar surface area (TPSA) is 33.6 Å². The van der Waals surface area contributed by atoms with Gasteiger partial charge in [0.25, 0.3) is 0 Å². The van der Waals surface area contributed by atoms with Crippen LogP contribution in [0, 0.1) is 0 Å². The molecule has 1 saturated heterocycles. The quantitative estimate of drug-likeness (QED) is 0.664. The van der Waals surface area contributed by atoms with Crippen molar-refractivity contribution >= 4 is 5.84 Å². The Hall–Kier alpha value is -0.570. The average Bonchev–Trinajstić information content (AvgIpc) is 2.57. The van der Waals surface area contributed by atoms with E-state index >= 15 is 0 Å². The third-order valence-corrected chi connectivity index (χ3v) is 2.76. The van der Waals surface area contributed by atoms with Gasteiger partial charge in [-0.15, -0.1) is 0 Å². The van der Waals surface area contributed by atoms with E-state index in [0.717, 1.165) is 32.6 Å². The Labute approximate surface area is 79.6 Å². The van der Waals surface area contributed by atoms with Gasteiger partial charge in [-0.25, -0.2) is 0 Å². The van der Waals surface area contributed by atoms with Gasteiger partial charge in [0, 0.05) is 19.6 Å². The van der Waals surface area contributed by atoms with Crippen LogP contribution in [0.25, 0.3) is 0 Å². The minimum absolute atomic E-state index is 0.140. The number of rotatable bonds is 1. The van der Waals surface area contributed by atoms with Crippen LogP contribution in [0.4, 0.5) is 0 Å². The van der Waals surface area contributed by atoms with Crippen LogP contribution < -0.4 is 5.32 Å². The smallest absolute Gasteiger partial charge is 0.0968 e. The second kappa shape index (κ2) is 3.66. The SMILES string of the molecule is CC1(NC2=NCCC2)CCCOC1. The Morgan fingerprint density at radius 3 is 3.00 bits per heavy atom. The summed E-state index contributed by atoms with van der Waals surface area (Å²) in [4.78, 5) is 4.42. The molecule has 74 valence electrons. The lowest BCUT2D eigenvalue weighted by molar-refractivity contribution is 0.0369. The normalized spacial score (nSPS) is 34.4. The molecule has 1 atom stereocenters. The molecule has 13 heavy (non-hydrogen) atoms. The summed E-state index contributed by atoms with van der Waals surface area (Å²) in [6.07, 6.45) is 4.69. The summed E-state index contributed by atoms with van der Waals surface area (Å²) < 4.78 is 5.48. The van der Waals surface area contributed by atoms with Crippen LogP contribution in [0.3, 0.4) is 0 Å². The van der Waals surface area contributed by atoms with E-state index < -0.39 is 0 Å². The Balaban J connectivity index is 1.90. The number of ether oxygens (including phenoxy) is 1. The van der Waals surface area contributed by atoms with Crippen molar-refractivity contribution in [3.63, 3.8) is 0 Å². The van der Waals surface area contributed by atoms with Gasteiger partial charge in [0.15, 0.2) is 0 Å². The van der Waals surface area contributed by atoms with Crippen LogP contribution in [-0.2, 0) is 4.74 Å². The minimum Gasteiger partial charge on any atom is -0.379 e. The summed E-state index contributed by atoms with van der Waals surface area (Å²) in [5.74, 6) is 1.19. The van der Waals surface area contributed by atoms with Crippen molar-refractivity contribution in [2.24, 2.45) is 4.99 Å². The zero-order valence-corrected chi connectivity index (χ0v) is 8.31. The van der Waals surface area contributed by atoms with Gasteiger partial charge < -0.3 is 10.1 Å². The number of hydrogen-bond donors (Lipinski definition) is 1. The Morgan fingerprint density at radius 1 is 1.46 bits per heavy atom. The predicted octanol–water partition coefficient (Wildman–Crippen LogP) is 1.34. The molecule has 1 N–H and O–H groups in total. The van der Waals surface area contributed by atoms with E-state index in [1.165, 1.54) is 18.7 Å². The van der Waals surface area contributed by atoms with Crippen molar-refractivity contribution in [2.75, 3.05) is 19.8 Å². The van der Waals surface area contributed by atoms with E-state index in [0.29, 0.717) is 0 Å². The lowest BCUT2D eigenvalue weighted by Gasteiger charge is -2.35. The summed E-state index contributed by atoms with van der Waals surface area (Å²) in [6, 6.07) is 0. The molecular formula is C10H18N2O. The van der Waals surface area contributed by atoms with Crippen LogP contribution in [0.15, 0.2) is 4.99 Å². The molecule has 1 unspecified atom stereocenters. The van der Waals surface area contributed by atoms with Crippen LogP contribution in [0.2, 0.25) is 0 Å². The minimum atomic E-state index is 0.140. The fourth-order valence-electron chi connectivity index (χ4n) is 2.02. The van der Waals surface area contributed by atoms with Crippen LogP contribution in [0.5, 0.6) is 0 Å². The third kappa shape index (κ3) is 2.21. The Morgan fingerprint density at radius 2 is 2.38 bits per heavy atom. The van der Waals surface area contributed by atoms with E-state index in [1.54, 1.807) is 0 Å². The molecule has 0 bridgehead atoms. The van der Waals surface area contributed by atoms with Gasteiger partial charge in [-0.3, -0.25) is 4.99 Å². The molecule has 0 aromatic rings. The molecule has 0 aromatic heterocycles. The van der Waals surface area contributed by atoms with Crippen molar-refractivity contribution in [1.82, 2.24) is 5.32 Å². The summed E-state index contributed by atoms with van der Waals surface area (Å²) >= 11 is 0. The van der Waals surface area contributed by atoms with Crippen molar-refractivity contribution in [1.29, 1.82) is 0 Å². The van der Waals surface area contributed by atoms with Crippen molar-refractivity contribution in [2.45, 2.75) is 38.1 Å². The standard InChI is InChI=1S/C10H18N2O/c1-10(5-3-7-13-8-10)12-9-4-2-6-11-9/h2-8H2,1H3,(H,11,12). The van der Waals surface area contributed by atoms with Gasteiger partial charge in [0.2, 0.25) is 0 Å². The average molecular weight is 182 g/mol. The monoisotopic (exact) mass is 182 g/mol. The van der Waals surface area contributed by atoms with E-state index in [4.69, 9.17) is 4.74 Å². The summed E-state index contributed by atoms with van der Waals surface area (Å²) in [5, 5.41) is 3.52. The lowest BCUT2D eigenvalue weighted by Crippen LogP contribution is -2.51. The zero-order valence-electron chi connectivity index (χ0n) is 8.31. The maximum absolute atomic E-state index is 5.48. The van der Waals surface area contributed by atoms with E-state index in [2.05, 4.69) is 17.2 Å². The summed E-state index contributed by atoms with van der Waals surface area (Å²) in [7, 11) is 0. The van der Waals surface area contributed by atoms with E-state index in [-0.39, 0.29) is 5.54 Å². The van der Waals surface area contributed by atoms with Crippen molar-refractivity contribution < 1.29 is 4.74 Å². The largest absolute Gasteiger partial charge is 0.379 e. The number of nitrogens with zero attached hydrogens (tertiary/aromatic N) is 1. The predicted molar refractivity (Wildman–Crippen MR) is 53.1 cm³/mol. The van der Waals surface area contributed by atoms with Gasteiger partial charge in [-0.1, -0.05) is 0 Å². The Bertz CT molecular complexity index is 207. The molecule has 0 aromatic carbocycles. The highest BCUT2D eigenvalue weighted by Gasteiger charge is 2.28. The van der Waals surface area contributed by atoms with Crippen molar-refractivity contribution in [3.05, 3.63) is 0 Å². The molecule has 3 heteroatoms. The first-order chi connectivity index (χ1) is 6.29. The maximum atomic E-state index is 5.48. The zero-order chi connectivity index (χ0) is 9.15. The molecular weight excluding hydrogens is 164 g/mol. The fraction of sp³-hybridized carbons (Fsp3) is 0.900. The molecule has 2 aliphatic rings. The molecule has 0 aliphatic carbocycles. The molecule has 2 rings (SSSR count). The molecule has 1 fully saturated rings. The highest BCUT2D eigenvalue weighted by atomic mass is 16.5. The Kier molecular flexibility index (Phi) is 2.54. The molecule has 0 radical (unpaired) electrons. The number of aliphatic imine (C=N–C) groups is 1. The molecule has 0 saturated carbocycles. The van der Waals surface area contributed by atoms with Crippen LogP contribution >= 0.6 is 0 Å². The van der Waals surface area contributed by atoms with Gasteiger partial charge in [0.05, 0.1) is 18.0 Å². The molecule has 2 heterocycles. The van der Waals surface area contributed by atoms with Crippen molar-refractivity contribution in [3.8, 4) is 0 Å². The lowest BCUT2D eigenvalue weighted by atomic mass is 9.95. The molecule has 3 nitrogen and oxygen atoms in total. The van der Waals surface area contributed by atoms with Crippen LogP contribution in [-0.4, -0.2) is 31.1 Å². The van der Waals surface area contributed by atoms with Gasteiger partial charge >= 0.3 is 0 Å². The molecule has 0 amide bonds. The number of nitrogens with one attached hydrogen (secondary N) is 1. The number of amidine groups is 1. The highest BCUT2D eigenvalue weighted by Crippen LogP contribution is 2.19. The van der Waals surface area contributed by atoms with Gasteiger partial charge in [0.1, 0.15) is 0 Å². The number of hydrogen-bond acceptors (Lipinski definition) is 3. The molecule has 2 aliphatic heterocycles. The van der Waals surface area contributed by atoms with Gasteiger partial charge in [-0.05, 0) is 26.2 Å².